The normalized spacial score (nSPS) is 31.0. The molecule has 19 atom stereocenters. The van der Waals surface area contributed by atoms with Crippen LogP contribution in [0.15, 0.2) is 0 Å². The number of esters is 8. The van der Waals surface area contributed by atoms with E-state index in [-0.39, 0.29) is 19.4 Å². The maximum Gasteiger partial charge on any atom is 0.373 e. The second-order valence-electron chi connectivity index (χ2n) is 23.7. The molecule has 514 valence electrons. The number of aliphatic carboxylic acids is 1. The maximum absolute atomic E-state index is 12.2. The zero-order chi connectivity index (χ0) is 69.6. The molecule has 0 aromatic rings. The van der Waals surface area contributed by atoms with Crippen LogP contribution in [-0.4, -0.2) is 255 Å². The van der Waals surface area contributed by atoms with E-state index in [9.17, 15) is 73.8 Å². The number of carboxylic acid groups (broad SMARTS) is 1. The van der Waals surface area contributed by atoms with Gasteiger partial charge in [0.15, 0.2) is 74.0 Å². The Hall–Kier alpha value is -5.95. The lowest BCUT2D eigenvalue weighted by molar-refractivity contribution is -0.325. The quantitative estimate of drug-likeness (QED) is 0.0787. The SMILES string of the molecule is CC(=O)OCC1O[C@@H](OC(C)(C)C)C(OC(C)=O)[C@@H](OC(C)=O)[C@H]1OC(C)=O.CC(C)(C)O[C@@H]1OC(C(=O)O)[C@@H](O)[C@H](O)C1O.CC(C)(C)O[C@@H]1OC[C@@H](O)[C@H](O)C1O.COC(=O)C1O[C@@H](OC(C)(C)C)C(OC(C)=O)[C@@H](OC(C)=O)[C@@H]1OC(C)=O.O=C=O. The van der Waals surface area contributed by atoms with Crippen molar-refractivity contribution in [3.63, 3.8) is 0 Å². The van der Waals surface area contributed by atoms with Crippen LogP contribution in [0.3, 0.4) is 0 Å². The molecule has 4 aliphatic heterocycles. The van der Waals surface area contributed by atoms with Gasteiger partial charge >= 0.3 is 59.9 Å². The maximum atomic E-state index is 12.2. The van der Waals surface area contributed by atoms with Crippen LogP contribution in [0.2, 0.25) is 0 Å². The molecule has 7 N–H and O–H groups in total. The third kappa shape index (κ3) is 31.1. The Morgan fingerprint density at radius 1 is 0.416 bits per heavy atom. The van der Waals surface area contributed by atoms with Gasteiger partial charge in [0.1, 0.15) is 49.3 Å². The third-order valence-electron chi connectivity index (χ3n) is 10.9. The molecule has 0 bridgehead atoms. The first-order valence-electron chi connectivity index (χ1n) is 27.4. The van der Waals surface area contributed by atoms with Gasteiger partial charge in [-0.2, -0.15) is 9.59 Å². The van der Waals surface area contributed by atoms with Crippen LogP contribution < -0.4 is 0 Å². The predicted molar refractivity (Wildman–Crippen MR) is 290 cm³/mol. The zero-order valence-electron chi connectivity index (χ0n) is 53.5. The van der Waals surface area contributed by atoms with E-state index in [0.29, 0.717) is 0 Å². The zero-order valence-corrected chi connectivity index (χ0v) is 53.5. The minimum absolute atomic E-state index is 0.0288. The molecule has 34 nitrogen and oxygen atoms in total. The first-order valence-corrected chi connectivity index (χ1v) is 27.4. The van der Waals surface area contributed by atoms with Gasteiger partial charge in [-0.05, 0) is 83.1 Å². The molecule has 0 aliphatic carbocycles. The van der Waals surface area contributed by atoms with E-state index in [1.165, 1.54) is 13.8 Å². The molecule has 0 saturated carbocycles. The fourth-order valence-corrected chi connectivity index (χ4v) is 7.88. The van der Waals surface area contributed by atoms with Crippen molar-refractivity contribution in [2.24, 2.45) is 0 Å². The number of aliphatic hydroxyl groups is 6. The predicted octanol–water partition coefficient (Wildman–Crippen LogP) is -1.27. The smallest absolute Gasteiger partial charge is 0.373 e. The molecule has 4 fully saturated rings. The largest absolute Gasteiger partial charge is 0.479 e. The van der Waals surface area contributed by atoms with Crippen LogP contribution in [-0.2, 0) is 129 Å². The van der Waals surface area contributed by atoms with Crippen molar-refractivity contribution in [1.82, 2.24) is 0 Å². The summed E-state index contributed by atoms with van der Waals surface area (Å²) in [7, 11) is 1.12. The third-order valence-corrected chi connectivity index (χ3v) is 10.9. The van der Waals surface area contributed by atoms with Crippen LogP contribution >= 0.6 is 0 Å². The second-order valence-corrected chi connectivity index (χ2v) is 23.7. The molecule has 0 aromatic heterocycles. The lowest BCUT2D eigenvalue weighted by Crippen LogP contribution is -2.64. The number of carbonyl (C=O) groups excluding carboxylic acids is 10. The second kappa shape index (κ2) is 36.8. The van der Waals surface area contributed by atoms with E-state index in [0.717, 1.165) is 41.7 Å². The summed E-state index contributed by atoms with van der Waals surface area (Å²) < 4.78 is 84.8. The molecule has 4 rings (SSSR count). The number of aliphatic hydroxyl groups excluding tert-OH is 6. The van der Waals surface area contributed by atoms with Crippen molar-refractivity contribution in [1.29, 1.82) is 0 Å². The summed E-state index contributed by atoms with van der Waals surface area (Å²) in [5, 5.41) is 65.4. The van der Waals surface area contributed by atoms with E-state index >= 15 is 0 Å². The molecule has 34 heteroatoms. The van der Waals surface area contributed by atoms with Gasteiger partial charge in [0.05, 0.1) is 36.1 Å². The summed E-state index contributed by atoms with van der Waals surface area (Å²) in [4.78, 5) is 120. The fraction of sp³-hybridized carbons (Fsp3) is 0.818. The summed E-state index contributed by atoms with van der Waals surface area (Å²) in [6, 6.07) is 0. The van der Waals surface area contributed by atoms with Gasteiger partial charge in [-0.25, -0.2) is 9.59 Å². The number of methoxy groups -OCH3 is 1. The molecule has 0 radical (unpaired) electrons. The minimum Gasteiger partial charge on any atom is -0.479 e. The summed E-state index contributed by atoms with van der Waals surface area (Å²) in [6.45, 7) is 28.7. The van der Waals surface area contributed by atoms with Crippen LogP contribution in [0.5, 0.6) is 0 Å². The number of ether oxygens (including phenoxy) is 16. The number of carbonyl (C=O) groups is 9. The number of hydrogen-bond donors (Lipinski definition) is 7. The Kier molecular flexibility index (Phi) is 34.3. The topological polar surface area (TPSA) is 477 Å². The Morgan fingerprint density at radius 2 is 0.742 bits per heavy atom. The van der Waals surface area contributed by atoms with Gasteiger partial charge in [0, 0.05) is 48.5 Å². The van der Waals surface area contributed by atoms with Gasteiger partial charge in [-0.15, -0.1) is 0 Å². The highest BCUT2D eigenvalue weighted by molar-refractivity contribution is 5.77. The molecule has 4 heterocycles. The van der Waals surface area contributed by atoms with Gasteiger partial charge in [-0.1, -0.05) is 0 Å². The van der Waals surface area contributed by atoms with Crippen LogP contribution in [0.25, 0.3) is 0 Å². The van der Waals surface area contributed by atoms with Crippen molar-refractivity contribution >= 4 is 59.9 Å². The van der Waals surface area contributed by atoms with E-state index in [1.54, 1.807) is 62.3 Å². The van der Waals surface area contributed by atoms with Crippen LogP contribution in [0.1, 0.15) is 132 Å². The average molecular weight is 1300 g/mol. The Labute approximate surface area is 514 Å². The van der Waals surface area contributed by atoms with Gasteiger partial charge in [0.25, 0.3) is 0 Å². The van der Waals surface area contributed by atoms with E-state index in [4.69, 9.17) is 90.5 Å². The first kappa shape index (κ1) is 83.1. The molecule has 7 unspecified atom stereocenters. The molecular formula is C55H90O34. The van der Waals surface area contributed by atoms with Crippen molar-refractivity contribution in [3.05, 3.63) is 0 Å². The van der Waals surface area contributed by atoms with Crippen LogP contribution in [0.4, 0.5) is 0 Å². The molecule has 0 aromatic carbocycles. The monoisotopic (exact) mass is 1290 g/mol. The summed E-state index contributed by atoms with van der Waals surface area (Å²) >= 11 is 0. The van der Waals surface area contributed by atoms with Gasteiger partial charge in [0.2, 0.25) is 0 Å². The number of rotatable bonds is 14. The fourth-order valence-electron chi connectivity index (χ4n) is 7.88. The molecule has 4 aliphatic rings. The number of hydrogen-bond acceptors (Lipinski definition) is 33. The molecule has 89 heavy (non-hydrogen) atoms. The minimum atomic E-state index is -1.69. The Morgan fingerprint density at radius 3 is 1.11 bits per heavy atom. The highest BCUT2D eigenvalue weighted by Crippen LogP contribution is 2.34. The van der Waals surface area contributed by atoms with Crippen molar-refractivity contribution in [2.45, 2.75) is 271 Å². The summed E-state index contributed by atoms with van der Waals surface area (Å²) in [5.74, 6) is -7.13. The van der Waals surface area contributed by atoms with E-state index < -0.39 is 193 Å². The Balaban J connectivity index is 0.00000118. The standard InChI is InChI=1S/C18H28O10.C17H26O10.C10H18O7.C9H18O5.CO2/c1-9(19)23-8-13-14(24-10(2)20)15(25-11(3)21)16(26-12(4)22)17(27-13)28-18(5,6)7;1-8(18)23-11-12(24-9(2)19)14(25-10(3)20)16(27-17(4,5)6)26-13(11)15(21)22-7;1-10(2,3)17-9-6(13)4(11)5(12)7(16-9)8(14)15;1-9(2,3)14-8-7(12)6(11)5(10)4-13-8;2-1-3/h13-17H,8H2,1-7H3;11-14,16H,1-7H3;4-7,9,11-13H,1-3H3,(H,14,15);5-8,10-12H,4H2,1-3H3;/t13?,14-,15-,16?,17-;11-,12-,13?,14?,16-;4-,5-,6?,7?,9-;5-,6+,7?,8+;/m0001./s1. The molecule has 4 saturated heterocycles. The highest BCUT2D eigenvalue weighted by atomic mass is 16.8. The van der Waals surface area contributed by atoms with Crippen LogP contribution in [0, 0.1) is 0 Å². The van der Waals surface area contributed by atoms with Crippen molar-refractivity contribution in [2.75, 3.05) is 20.3 Å². The van der Waals surface area contributed by atoms with E-state index in [2.05, 4.69) is 0 Å². The van der Waals surface area contributed by atoms with Crippen molar-refractivity contribution < 1.29 is 164 Å². The highest BCUT2D eigenvalue weighted by Gasteiger charge is 2.57. The van der Waals surface area contributed by atoms with Gasteiger partial charge in [-0.3, -0.25) is 33.6 Å². The average Bonchev–Trinajstić information content (AvgIpc) is 1.01. The summed E-state index contributed by atoms with van der Waals surface area (Å²) in [5.41, 5.74) is -2.63. The first-order chi connectivity index (χ1) is 40.5. The van der Waals surface area contributed by atoms with Gasteiger partial charge < -0.3 is 112 Å². The molecule has 0 spiro atoms. The Bertz CT molecular complexity index is 2330. The lowest BCUT2D eigenvalue weighted by atomic mass is 9.97. The molecule has 0 amide bonds. The van der Waals surface area contributed by atoms with E-state index in [1.807, 2.05) is 20.8 Å². The molecular weight excluding hydrogens is 1200 g/mol. The lowest BCUT2D eigenvalue weighted by Gasteiger charge is -2.45. The van der Waals surface area contributed by atoms with Crippen molar-refractivity contribution in [3.8, 4) is 0 Å². The number of carboxylic acids is 1. The summed E-state index contributed by atoms with van der Waals surface area (Å²) in [6.07, 6.45) is -24.4.